The lowest BCUT2D eigenvalue weighted by atomic mass is 10.2. The molecular formula is C14H18N2O5S. The predicted molar refractivity (Wildman–Crippen MR) is 81.0 cm³/mol. The van der Waals surface area contributed by atoms with E-state index in [1.54, 1.807) is 24.3 Å². The van der Waals surface area contributed by atoms with Crippen molar-refractivity contribution in [3.8, 4) is 5.75 Å². The zero-order valence-electron chi connectivity index (χ0n) is 12.4. The maximum Gasteiger partial charge on any atom is 0.329 e. The van der Waals surface area contributed by atoms with Gasteiger partial charge in [0.25, 0.3) is 0 Å². The summed E-state index contributed by atoms with van der Waals surface area (Å²) >= 11 is 0. The second-order valence-corrected chi connectivity index (χ2v) is 7.09. The van der Waals surface area contributed by atoms with Gasteiger partial charge in [0.1, 0.15) is 11.8 Å². The van der Waals surface area contributed by atoms with Crippen LogP contribution < -0.4 is 10.1 Å². The molecule has 1 N–H and O–H groups in total. The minimum absolute atomic E-state index is 0.195. The Morgan fingerprint density at radius 1 is 1.27 bits per heavy atom. The van der Waals surface area contributed by atoms with Gasteiger partial charge >= 0.3 is 5.97 Å². The van der Waals surface area contributed by atoms with Crippen molar-refractivity contribution in [2.24, 2.45) is 0 Å². The van der Waals surface area contributed by atoms with Crippen molar-refractivity contribution in [2.75, 3.05) is 18.1 Å². The van der Waals surface area contributed by atoms with Crippen molar-refractivity contribution in [3.63, 3.8) is 0 Å². The fraction of sp³-hybridized carbons (Fsp3) is 0.429. The third kappa shape index (κ3) is 4.05. The lowest BCUT2D eigenvalue weighted by Gasteiger charge is -2.20. The first-order valence-corrected chi connectivity index (χ1v) is 8.68. The zero-order valence-corrected chi connectivity index (χ0v) is 13.2. The van der Waals surface area contributed by atoms with Gasteiger partial charge in [-0.3, -0.25) is 4.79 Å². The van der Waals surface area contributed by atoms with Crippen LogP contribution in [0.4, 0.5) is 5.69 Å². The molecule has 1 saturated heterocycles. The van der Waals surface area contributed by atoms with Gasteiger partial charge in [0.2, 0.25) is 15.9 Å². The molecule has 2 rings (SSSR count). The Kier molecular flexibility index (Phi) is 4.82. The van der Waals surface area contributed by atoms with Crippen LogP contribution in [0.2, 0.25) is 0 Å². The number of nitrogens with zero attached hydrogens (tertiary/aromatic N) is 1. The molecule has 1 heterocycles. The van der Waals surface area contributed by atoms with Crippen LogP contribution in [0.1, 0.15) is 19.8 Å². The molecule has 1 aromatic rings. The monoisotopic (exact) mass is 326 g/mol. The van der Waals surface area contributed by atoms with Gasteiger partial charge in [0, 0.05) is 19.2 Å². The quantitative estimate of drug-likeness (QED) is 0.657. The molecule has 0 bridgehead atoms. The number of anilines is 1. The average Bonchev–Trinajstić information content (AvgIpc) is 2.89. The van der Waals surface area contributed by atoms with E-state index in [1.807, 2.05) is 0 Å². The molecule has 0 saturated carbocycles. The lowest BCUT2D eigenvalue weighted by Crippen LogP contribution is -2.41. The van der Waals surface area contributed by atoms with E-state index < -0.39 is 22.0 Å². The van der Waals surface area contributed by atoms with Gasteiger partial charge < -0.3 is 10.1 Å². The van der Waals surface area contributed by atoms with Gasteiger partial charge in [-0.05, 0) is 37.1 Å². The molecule has 1 unspecified atom stereocenters. The maximum absolute atomic E-state index is 12.1. The Bertz CT molecular complexity index is 669. The molecular weight excluding hydrogens is 308 g/mol. The van der Waals surface area contributed by atoms with E-state index in [2.05, 4.69) is 5.32 Å². The van der Waals surface area contributed by atoms with Crippen LogP contribution in [0.5, 0.6) is 5.75 Å². The molecule has 120 valence electrons. The zero-order chi connectivity index (χ0) is 16.3. The second-order valence-electron chi connectivity index (χ2n) is 5.16. The summed E-state index contributed by atoms with van der Waals surface area (Å²) in [6, 6.07) is 5.52. The fourth-order valence-corrected chi connectivity index (χ4v) is 3.48. The van der Waals surface area contributed by atoms with Gasteiger partial charge in [-0.2, -0.15) is 4.31 Å². The second kappa shape index (κ2) is 6.45. The Balaban J connectivity index is 2.04. The number of hydrogen-bond donors (Lipinski definition) is 1. The van der Waals surface area contributed by atoms with Crippen LogP contribution in [0.15, 0.2) is 24.3 Å². The highest BCUT2D eigenvalue weighted by atomic mass is 32.2. The van der Waals surface area contributed by atoms with E-state index in [0.717, 1.165) is 6.26 Å². The minimum atomic E-state index is -3.42. The van der Waals surface area contributed by atoms with Crippen LogP contribution in [-0.2, 0) is 19.6 Å². The largest absolute Gasteiger partial charge is 0.425 e. The first-order valence-electron chi connectivity index (χ1n) is 6.83. The van der Waals surface area contributed by atoms with Gasteiger partial charge in [-0.1, -0.05) is 0 Å². The molecule has 8 heteroatoms. The van der Waals surface area contributed by atoms with Crippen LogP contribution in [0, 0.1) is 0 Å². The van der Waals surface area contributed by atoms with Gasteiger partial charge in [0.05, 0.1) is 6.26 Å². The molecule has 0 aromatic heterocycles. The Morgan fingerprint density at radius 2 is 1.91 bits per heavy atom. The third-order valence-corrected chi connectivity index (χ3v) is 4.58. The summed E-state index contributed by atoms with van der Waals surface area (Å²) in [5.41, 5.74) is 0.589. The van der Waals surface area contributed by atoms with E-state index in [0.29, 0.717) is 30.8 Å². The number of amides is 1. The SMILES string of the molecule is CC(=O)Nc1ccc(OC(=O)C2CCCN2S(C)(=O)=O)cc1. The first-order chi connectivity index (χ1) is 10.3. The molecule has 1 fully saturated rings. The van der Waals surface area contributed by atoms with E-state index in [9.17, 15) is 18.0 Å². The number of carbonyl (C=O) groups is 2. The van der Waals surface area contributed by atoms with Gasteiger partial charge in [-0.15, -0.1) is 0 Å². The van der Waals surface area contributed by atoms with E-state index in [4.69, 9.17) is 4.74 Å². The smallest absolute Gasteiger partial charge is 0.329 e. The van der Waals surface area contributed by atoms with Gasteiger partial charge in [0.15, 0.2) is 0 Å². The summed E-state index contributed by atoms with van der Waals surface area (Å²) in [6.45, 7) is 1.73. The molecule has 1 aliphatic heterocycles. The molecule has 1 aromatic carbocycles. The number of carbonyl (C=O) groups excluding carboxylic acids is 2. The summed E-state index contributed by atoms with van der Waals surface area (Å²) in [5.74, 6) is -0.478. The third-order valence-electron chi connectivity index (χ3n) is 3.29. The minimum Gasteiger partial charge on any atom is -0.425 e. The van der Waals surface area contributed by atoms with Crippen molar-refractivity contribution >= 4 is 27.6 Å². The molecule has 1 atom stereocenters. The highest BCUT2D eigenvalue weighted by Crippen LogP contribution is 2.23. The summed E-state index contributed by atoms with van der Waals surface area (Å²) < 4.78 is 29.6. The number of benzene rings is 1. The predicted octanol–water partition coefficient (Wildman–Crippen LogP) is 0.974. The molecule has 1 amide bonds. The van der Waals surface area contributed by atoms with Crippen LogP contribution in [0.3, 0.4) is 0 Å². The van der Waals surface area contributed by atoms with Crippen molar-refractivity contribution in [1.82, 2.24) is 4.31 Å². The highest BCUT2D eigenvalue weighted by Gasteiger charge is 2.37. The van der Waals surface area contributed by atoms with Crippen molar-refractivity contribution < 1.29 is 22.7 Å². The van der Waals surface area contributed by atoms with Crippen molar-refractivity contribution in [1.29, 1.82) is 0 Å². The normalized spacial score (nSPS) is 18.9. The topological polar surface area (TPSA) is 92.8 Å². The number of rotatable bonds is 4. The van der Waals surface area contributed by atoms with Crippen molar-refractivity contribution in [3.05, 3.63) is 24.3 Å². The summed E-state index contributed by atoms with van der Waals surface area (Å²) in [4.78, 5) is 23.1. The first kappa shape index (κ1) is 16.4. The summed E-state index contributed by atoms with van der Waals surface area (Å²) in [6.07, 6.45) is 2.17. The standard InChI is InChI=1S/C14H18N2O5S/c1-10(17)15-11-5-7-12(8-6-11)21-14(18)13-4-3-9-16(13)22(2,19)20/h5-8,13H,3-4,9H2,1-2H3,(H,15,17). The van der Waals surface area contributed by atoms with Crippen LogP contribution in [0.25, 0.3) is 0 Å². The number of esters is 1. The fourth-order valence-electron chi connectivity index (χ4n) is 2.37. The molecule has 1 aliphatic rings. The number of sulfonamides is 1. The molecule has 7 nitrogen and oxygen atoms in total. The van der Waals surface area contributed by atoms with Crippen molar-refractivity contribution in [2.45, 2.75) is 25.8 Å². The molecule has 0 aliphatic carbocycles. The Labute approximate surface area is 129 Å². The Hall–Kier alpha value is -1.93. The number of hydrogen-bond acceptors (Lipinski definition) is 5. The van der Waals surface area contributed by atoms with Gasteiger partial charge in [-0.25, -0.2) is 13.2 Å². The number of nitrogens with one attached hydrogen (secondary N) is 1. The van der Waals surface area contributed by atoms with E-state index in [1.165, 1.54) is 11.2 Å². The summed E-state index contributed by atoms with van der Waals surface area (Å²) in [7, 11) is -3.42. The molecule has 22 heavy (non-hydrogen) atoms. The van der Waals surface area contributed by atoms with Crippen LogP contribution in [-0.4, -0.2) is 43.4 Å². The van der Waals surface area contributed by atoms with E-state index in [-0.39, 0.29) is 5.91 Å². The van der Waals surface area contributed by atoms with Crippen LogP contribution >= 0.6 is 0 Å². The maximum atomic E-state index is 12.1. The average molecular weight is 326 g/mol. The molecule has 0 spiro atoms. The number of ether oxygens (including phenoxy) is 1. The van der Waals surface area contributed by atoms with E-state index >= 15 is 0 Å². The summed E-state index contributed by atoms with van der Waals surface area (Å²) in [5, 5.41) is 2.60. The molecule has 0 radical (unpaired) electrons. The highest BCUT2D eigenvalue weighted by molar-refractivity contribution is 7.88. The lowest BCUT2D eigenvalue weighted by molar-refractivity contribution is -0.138. The Morgan fingerprint density at radius 3 is 2.45 bits per heavy atom.